The maximum Gasteiger partial charge on any atom is 0.343 e. The molecule has 0 bridgehead atoms. The number of carbonyl (C=O) groups is 2. The van der Waals surface area contributed by atoms with Crippen LogP contribution in [0, 0.1) is 0 Å². The highest BCUT2D eigenvalue weighted by atomic mass is 35.5. The number of fused-ring (bicyclic) bond motifs is 1. The minimum Gasteiger partial charge on any atom is -0.481 e. The number of rotatable bonds is 7. The average Bonchev–Trinajstić information content (AvgIpc) is 2.85. The maximum absolute atomic E-state index is 12.3. The molecule has 4 aromatic rings. The summed E-state index contributed by atoms with van der Waals surface area (Å²) in [5, 5.41) is 6.57. The molecule has 0 spiro atoms. The lowest BCUT2D eigenvalue weighted by Crippen LogP contribution is -2.33. The van der Waals surface area contributed by atoms with E-state index in [1.165, 1.54) is 12.3 Å². The number of ether oxygens (including phenoxy) is 2. The van der Waals surface area contributed by atoms with Gasteiger partial charge in [-0.1, -0.05) is 48.0 Å². The number of halogens is 1. The summed E-state index contributed by atoms with van der Waals surface area (Å²) < 4.78 is 11.1. The zero-order chi connectivity index (χ0) is 23.9. The third kappa shape index (κ3) is 5.99. The van der Waals surface area contributed by atoms with E-state index in [1.807, 2.05) is 42.5 Å². The number of nitrogens with zero attached hydrogens (tertiary/aromatic N) is 1. The number of hydrogen-bond acceptors (Lipinski definition) is 5. The Morgan fingerprint density at radius 2 is 1.62 bits per heavy atom. The summed E-state index contributed by atoms with van der Waals surface area (Å²) in [6.07, 6.45) is 0.759. The predicted octanol–water partition coefficient (Wildman–Crippen LogP) is 5.63. The van der Waals surface area contributed by atoms with E-state index in [-0.39, 0.29) is 5.91 Å². The Kier molecular flexibility index (Phi) is 7.20. The van der Waals surface area contributed by atoms with Gasteiger partial charge in [0.1, 0.15) is 11.5 Å². The highest BCUT2D eigenvalue weighted by molar-refractivity contribution is 6.30. The average molecular weight is 473 g/mol. The fourth-order valence-corrected chi connectivity index (χ4v) is 3.35. The summed E-state index contributed by atoms with van der Waals surface area (Å²) in [6.45, 7) is 1.66. The van der Waals surface area contributed by atoms with Gasteiger partial charge in [0.25, 0.3) is 5.91 Å². The summed E-state index contributed by atoms with van der Waals surface area (Å²) in [4.78, 5) is 24.5. The first-order valence-electron chi connectivity index (χ1n) is 10.5. The molecule has 0 saturated carbocycles. The molecule has 0 radical (unpaired) electrons. The summed E-state index contributed by atoms with van der Waals surface area (Å²) in [5.41, 5.74) is 3.55. The first kappa shape index (κ1) is 23.0. The van der Waals surface area contributed by atoms with Crippen molar-refractivity contribution < 1.29 is 19.1 Å². The van der Waals surface area contributed by atoms with Crippen LogP contribution in [0.5, 0.6) is 11.5 Å². The van der Waals surface area contributed by atoms with Crippen molar-refractivity contribution in [3.8, 4) is 11.5 Å². The molecule has 4 rings (SSSR count). The standard InChI is InChI=1S/C27H21ClN2O4/c1-18(33-25-14-11-20-5-2-3-6-21(20)16-25)26(31)30-29-17-19-9-12-24(13-10-19)34-27(32)22-7-4-8-23(28)15-22/h2-18H,1H3,(H,30,31)/b29-17-/t18-/m0/s1. The van der Waals surface area contributed by atoms with Crippen molar-refractivity contribution in [3.05, 3.63) is 107 Å². The van der Waals surface area contributed by atoms with Crippen molar-refractivity contribution in [2.75, 3.05) is 0 Å². The SMILES string of the molecule is C[C@H](Oc1ccc2ccccc2c1)C(=O)N/N=C\c1ccc(OC(=O)c2cccc(Cl)c2)cc1. The first-order chi connectivity index (χ1) is 16.5. The third-order valence-corrected chi connectivity index (χ3v) is 5.18. The van der Waals surface area contributed by atoms with E-state index in [0.717, 1.165) is 10.8 Å². The monoisotopic (exact) mass is 472 g/mol. The van der Waals surface area contributed by atoms with Crippen molar-refractivity contribution in [2.24, 2.45) is 5.10 Å². The number of carbonyl (C=O) groups excluding carboxylic acids is 2. The number of amides is 1. The van der Waals surface area contributed by atoms with Crippen molar-refractivity contribution in [3.63, 3.8) is 0 Å². The molecular weight excluding hydrogens is 452 g/mol. The molecule has 4 aromatic carbocycles. The van der Waals surface area contributed by atoms with Gasteiger partial charge in [0.05, 0.1) is 11.8 Å². The lowest BCUT2D eigenvalue weighted by Gasteiger charge is -2.13. The van der Waals surface area contributed by atoms with E-state index in [0.29, 0.717) is 27.6 Å². The van der Waals surface area contributed by atoms with Gasteiger partial charge < -0.3 is 9.47 Å². The van der Waals surface area contributed by atoms with Crippen molar-refractivity contribution in [1.29, 1.82) is 0 Å². The van der Waals surface area contributed by atoms with Crippen LogP contribution in [0.15, 0.2) is 96.1 Å². The van der Waals surface area contributed by atoms with Gasteiger partial charge in [-0.25, -0.2) is 10.2 Å². The summed E-state index contributed by atoms with van der Waals surface area (Å²) in [7, 11) is 0. The van der Waals surface area contributed by atoms with E-state index in [4.69, 9.17) is 21.1 Å². The summed E-state index contributed by atoms with van der Waals surface area (Å²) in [5.74, 6) is 0.102. The van der Waals surface area contributed by atoms with Gasteiger partial charge in [-0.3, -0.25) is 4.79 Å². The normalized spacial score (nSPS) is 11.8. The molecule has 6 nitrogen and oxygen atoms in total. The third-order valence-electron chi connectivity index (χ3n) is 4.94. The molecule has 0 saturated heterocycles. The molecule has 0 fully saturated rings. The van der Waals surface area contributed by atoms with Gasteiger partial charge in [-0.2, -0.15) is 5.10 Å². The molecule has 0 aromatic heterocycles. The van der Waals surface area contributed by atoms with Crippen LogP contribution < -0.4 is 14.9 Å². The lowest BCUT2D eigenvalue weighted by molar-refractivity contribution is -0.127. The smallest absolute Gasteiger partial charge is 0.343 e. The topological polar surface area (TPSA) is 77.0 Å². The van der Waals surface area contributed by atoms with Gasteiger partial charge >= 0.3 is 5.97 Å². The number of hydrogen-bond donors (Lipinski definition) is 1. The Labute approximate surface area is 201 Å². The molecule has 0 heterocycles. The number of benzene rings is 4. The van der Waals surface area contributed by atoms with Crippen molar-refractivity contribution in [1.82, 2.24) is 5.43 Å². The quantitative estimate of drug-likeness (QED) is 0.164. The van der Waals surface area contributed by atoms with Crippen LogP contribution in [0.2, 0.25) is 5.02 Å². The number of hydrazone groups is 1. The number of esters is 1. The molecule has 34 heavy (non-hydrogen) atoms. The van der Waals surface area contributed by atoms with Crippen LogP contribution in [-0.4, -0.2) is 24.2 Å². The molecule has 7 heteroatoms. The Bertz CT molecular complexity index is 1350. The first-order valence-corrected chi connectivity index (χ1v) is 10.9. The molecule has 0 aliphatic carbocycles. The van der Waals surface area contributed by atoms with Crippen LogP contribution in [0.3, 0.4) is 0 Å². The highest BCUT2D eigenvalue weighted by Crippen LogP contribution is 2.21. The second-order valence-corrected chi connectivity index (χ2v) is 7.91. The van der Waals surface area contributed by atoms with E-state index >= 15 is 0 Å². The van der Waals surface area contributed by atoms with Gasteiger partial charge in [0.15, 0.2) is 6.10 Å². The highest BCUT2D eigenvalue weighted by Gasteiger charge is 2.14. The van der Waals surface area contributed by atoms with E-state index in [2.05, 4.69) is 10.5 Å². The molecule has 1 amide bonds. The van der Waals surface area contributed by atoms with Crippen LogP contribution >= 0.6 is 11.6 Å². The molecule has 0 aliphatic rings. The zero-order valence-electron chi connectivity index (χ0n) is 18.3. The molecule has 170 valence electrons. The van der Waals surface area contributed by atoms with Gasteiger partial charge in [0.2, 0.25) is 0 Å². The van der Waals surface area contributed by atoms with Gasteiger partial charge in [0, 0.05) is 5.02 Å². The van der Waals surface area contributed by atoms with Crippen LogP contribution in [0.25, 0.3) is 10.8 Å². The molecule has 0 aliphatic heterocycles. The molecule has 1 N–H and O–H groups in total. The van der Waals surface area contributed by atoms with Crippen molar-refractivity contribution in [2.45, 2.75) is 13.0 Å². The lowest BCUT2D eigenvalue weighted by atomic mass is 10.1. The van der Waals surface area contributed by atoms with Crippen LogP contribution in [-0.2, 0) is 4.79 Å². The second kappa shape index (κ2) is 10.6. The fraction of sp³-hybridized carbons (Fsp3) is 0.0741. The fourth-order valence-electron chi connectivity index (χ4n) is 3.16. The van der Waals surface area contributed by atoms with Crippen molar-refractivity contribution >= 4 is 40.5 Å². The maximum atomic E-state index is 12.3. The Balaban J connectivity index is 1.29. The summed E-state index contributed by atoms with van der Waals surface area (Å²) in [6, 6.07) is 26.8. The van der Waals surface area contributed by atoms with E-state index < -0.39 is 12.1 Å². The minimum atomic E-state index is -0.730. The number of nitrogens with one attached hydrogen (secondary N) is 1. The summed E-state index contributed by atoms with van der Waals surface area (Å²) >= 11 is 5.90. The Hall–Kier alpha value is -4.16. The van der Waals surface area contributed by atoms with Crippen LogP contribution in [0.4, 0.5) is 0 Å². The Morgan fingerprint density at radius 1 is 0.882 bits per heavy atom. The largest absolute Gasteiger partial charge is 0.481 e. The molecule has 0 unspecified atom stereocenters. The zero-order valence-corrected chi connectivity index (χ0v) is 19.0. The van der Waals surface area contributed by atoms with Gasteiger partial charge in [-0.05, 0) is 77.9 Å². The van der Waals surface area contributed by atoms with E-state index in [1.54, 1.807) is 49.4 Å². The Morgan fingerprint density at radius 3 is 2.38 bits per heavy atom. The molecular formula is C27H21ClN2O4. The van der Waals surface area contributed by atoms with Gasteiger partial charge in [-0.15, -0.1) is 0 Å². The second-order valence-electron chi connectivity index (χ2n) is 7.47. The van der Waals surface area contributed by atoms with Crippen LogP contribution in [0.1, 0.15) is 22.8 Å². The predicted molar refractivity (Wildman–Crippen MR) is 133 cm³/mol. The minimum absolute atomic E-state index is 0.362. The molecule has 1 atom stereocenters. The van der Waals surface area contributed by atoms with E-state index in [9.17, 15) is 9.59 Å².